The summed E-state index contributed by atoms with van der Waals surface area (Å²) in [6.07, 6.45) is 7.20. The van der Waals surface area contributed by atoms with E-state index in [2.05, 4.69) is 0 Å². The topological polar surface area (TPSA) is 44.5 Å². The van der Waals surface area contributed by atoms with Gasteiger partial charge in [0.1, 0.15) is 18.2 Å². The summed E-state index contributed by atoms with van der Waals surface area (Å²) in [5.41, 5.74) is 6.14. The second-order valence-corrected chi connectivity index (χ2v) is 5.90. The zero-order valence-electron chi connectivity index (χ0n) is 11.7. The van der Waals surface area contributed by atoms with Crippen molar-refractivity contribution >= 4 is 0 Å². The first kappa shape index (κ1) is 13.8. The zero-order valence-corrected chi connectivity index (χ0v) is 11.7. The average Bonchev–Trinajstić information content (AvgIpc) is 3.07. The van der Waals surface area contributed by atoms with Crippen LogP contribution in [0.1, 0.15) is 44.1 Å². The maximum Gasteiger partial charge on any atom is 0.131 e. The molecule has 1 unspecified atom stereocenters. The number of nitrogens with two attached hydrogens (primary N) is 1. The number of hydrogen-bond acceptors (Lipinski definition) is 3. The largest absolute Gasteiger partial charge is 0.490 e. The van der Waals surface area contributed by atoms with Gasteiger partial charge in [-0.25, -0.2) is 4.39 Å². The van der Waals surface area contributed by atoms with Crippen LogP contribution >= 0.6 is 0 Å². The third-order valence-corrected chi connectivity index (χ3v) is 4.56. The minimum Gasteiger partial charge on any atom is -0.490 e. The molecule has 3 rings (SSSR count). The van der Waals surface area contributed by atoms with Gasteiger partial charge in [-0.05, 0) is 37.8 Å². The minimum absolute atomic E-state index is 0.118. The van der Waals surface area contributed by atoms with E-state index in [9.17, 15) is 4.39 Å². The lowest BCUT2D eigenvalue weighted by Crippen LogP contribution is -2.27. The van der Waals surface area contributed by atoms with Crippen molar-refractivity contribution in [3.63, 3.8) is 0 Å². The lowest BCUT2D eigenvalue weighted by Gasteiger charge is -2.24. The van der Waals surface area contributed by atoms with Crippen molar-refractivity contribution in [3.8, 4) is 5.75 Å². The Balaban J connectivity index is 1.59. The van der Waals surface area contributed by atoms with E-state index in [0.29, 0.717) is 17.9 Å². The van der Waals surface area contributed by atoms with Crippen molar-refractivity contribution in [2.45, 2.75) is 56.8 Å². The predicted molar refractivity (Wildman–Crippen MR) is 75.1 cm³/mol. The van der Waals surface area contributed by atoms with Gasteiger partial charge in [0.2, 0.25) is 0 Å². The molecule has 1 aliphatic carbocycles. The Bertz CT molecular complexity index is 472. The van der Waals surface area contributed by atoms with Crippen molar-refractivity contribution in [1.82, 2.24) is 0 Å². The lowest BCUT2D eigenvalue weighted by atomic mass is 9.98. The van der Waals surface area contributed by atoms with E-state index < -0.39 is 0 Å². The molecule has 1 heterocycles. The van der Waals surface area contributed by atoms with Crippen molar-refractivity contribution in [1.29, 1.82) is 0 Å². The maximum absolute atomic E-state index is 13.6. The van der Waals surface area contributed by atoms with E-state index in [0.717, 1.165) is 12.8 Å². The quantitative estimate of drug-likeness (QED) is 0.920. The molecule has 20 heavy (non-hydrogen) atoms. The normalized spacial score (nSPS) is 24.4. The van der Waals surface area contributed by atoms with Crippen LogP contribution in [0.4, 0.5) is 4.39 Å². The third-order valence-electron chi connectivity index (χ3n) is 4.56. The van der Waals surface area contributed by atoms with Gasteiger partial charge in [-0.3, -0.25) is 0 Å². The van der Waals surface area contributed by atoms with Gasteiger partial charge in [0.05, 0.1) is 11.7 Å². The van der Waals surface area contributed by atoms with E-state index in [1.54, 1.807) is 12.1 Å². The molecule has 0 radical (unpaired) electrons. The van der Waals surface area contributed by atoms with Gasteiger partial charge in [-0.1, -0.05) is 18.9 Å². The molecule has 1 saturated carbocycles. The van der Waals surface area contributed by atoms with Gasteiger partial charge < -0.3 is 15.2 Å². The fourth-order valence-electron chi connectivity index (χ4n) is 3.45. The number of hydrogen-bond donors (Lipinski definition) is 1. The molecule has 110 valence electrons. The second-order valence-electron chi connectivity index (χ2n) is 5.90. The van der Waals surface area contributed by atoms with Crippen LogP contribution in [0.15, 0.2) is 18.2 Å². The zero-order chi connectivity index (χ0) is 14.0. The fourth-order valence-corrected chi connectivity index (χ4v) is 3.45. The first-order valence-corrected chi connectivity index (χ1v) is 7.50. The first-order chi connectivity index (χ1) is 9.72. The second kappa shape index (κ2) is 5.70. The summed E-state index contributed by atoms with van der Waals surface area (Å²) in [6, 6.07) is 4.83. The van der Waals surface area contributed by atoms with E-state index in [1.807, 2.05) is 0 Å². The van der Waals surface area contributed by atoms with Gasteiger partial charge in [0, 0.05) is 12.1 Å². The third kappa shape index (κ3) is 2.67. The molecule has 1 atom stereocenters. The smallest absolute Gasteiger partial charge is 0.131 e. The highest BCUT2D eigenvalue weighted by Crippen LogP contribution is 2.43. The van der Waals surface area contributed by atoms with Crippen LogP contribution in [-0.4, -0.2) is 18.3 Å². The van der Waals surface area contributed by atoms with E-state index in [4.69, 9.17) is 15.2 Å². The molecule has 2 fully saturated rings. The highest BCUT2D eigenvalue weighted by atomic mass is 19.1. The molecule has 2 aliphatic rings. The maximum atomic E-state index is 13.6. The Labute approximate surface area is 119 Å². The van der Waals surface area contributed by atoms with Crippen LogP contribution < -0.4 is 10.5 Å². The van der Waals surface area contributed by atoms with Crippen molar-refractivity contribution in [2.24, 2.45) is 5.73 Å². The standard InChI is InChI=1S/C16H22FNO2/c17-14-4-3-5-15(13(14)10-18)19-11-12-6-9-16(20-12)7-1-2-8-16/h3-5,12H,1-2,6-11,18H2. The van der Waals surface area contributed by atoms with Crippen LogP contribution in [0, 0.1) is 5.82 Å². The highest BCUT2D eigenvalue weighted by molar-refractivity contribution is 5.34. The molecule has 0 amide bonds. The number of ether oxygens (including phenoxy) is 2. The summed E-state index contributed by atoms with van der Waals surface area (Å²) in [6.45, 7) is 0.635. The van der Waals surface area contributed by atoms with Crippen molar-refractivity contribution in [3.05, 3.63) is 29.6 Å². The predicted octanol–water partition coefficient (Wildman–Crippen LogP) is 3.16. The Morgan fingerprint density at radius 3 is 2.85 bits per heavy atom. The minimum atomic E-state index is -0.301. The van der Waals surface area contributed by atoms with Crippen LogP contribution in [0.2, 0.25) is 0 Å². The van der Waals surface area contributed by atoms with Gasteiger partial charge in [-0.15, -0.1) is 0 Å². The summed E-state index contributed by atoms with van der Waals surface area (Å²) in [7, 11) is 0. The van der Waals surface area contributed by atoms with Gasteiger partial charge >= 0.3 is 0 Å². The van der Waals surface area contributed by atoms with Crippen LogP contribution in [0.3, 0.4) is 0 Å². The number of rotatable bonds is 4. The molecule has 4 heteroatoms. The molecule has 2 N–H and O–H groups in total. The molecule has 1 aromatic rings. The molecule has 0 bridgehead atoms. The van der Waals surface area contributed by atoms with Crippen molar-refractivity contribution in [2.75, 3.05) is 6.61 Å². The van der Waals surface area contributed by atoms with Crippen LogP contribution in [0.25, 0.3) is 0 Å². The monoisotopic (exact) mass is 279 g/mol. The van der Waals surface area contributed by atoms with Gasteiger partial charge in [-0.2, -0.15) is 0 Å². The molecule has 1 saturated heterocycles. The summed E-state index contributed by atoms with van der Waals surface area (Å²) in [5.74, 6) is 0.244. The van der Waals surface area contributed by atoms with Crippen LogP contribution in [0.5, 0.6) is 5.75 Å². The molecule has 1 spiro atoms. The SMILES string of the molecule is NCc1c(F)cccc1OCC1CCC2(CCCC2)O1. The summed E-state index contributed by atoms with van der Waals surface area (Å²) < 4.78 is 25.5. The molecular weight excluding hydrogens is 257 g/mol. The van der Waals surface area contributed by atoms with E-state index in [1.165, 1.54) is 31.7 Å². The van der Waals surface area contributed by atoms with Gasteiger partial charge in [0.15, 0.2) is 0 Å². The summed E-state index contributed by atoms with van der Waals surface area (Å²) in [5, 5.41) is 0. The molecule has 1 aromatic carbocycles. The first-order valence-electron chi connectivity index (χ1n) is 7.50. The highest BCUT2D eigenvalue weighted by Gasteiger charge is 2.42. The Kier molecular flexibility index (Phi) is 3.94. The average molecular weight is 279 g/mol. The Hall–Kier alpha value is -1.13. The molecular formula is C16H22FNO2. The van der Waals surface area contributed by atoms with E-state index in [-0.39, 0.29) is 24.1 Å². The Morgan fingerprint density at radius 2 is 2.10 bits per heavy atom. The molecule has 3 nitrogen and oxygen atoms in total. The fraction of sp³-hybridized carbons (Fsp3) is 0.625. The van der Waals surface area contributed by atoms with E-state index >= 15 is 0 Å². The van der Waals surface area contributed by atoms with Gasteiger partial charge in [0.25, 0.3) is 0 Å². The van der Waals surface area contributed by atoms with Crippen LogP contribution in [-0.2, 0) is 11.3 Å². The Morgan fingerprint density at radius 1 is 1.30 bits per heavy atom. The molecule has 1 aliphatic heterocycles. The molecule has 0 aromatic heterocycles. The number of halogens is 1. The number of benzene rings is 1. The lowest BCUT2D eigenvalue weighted by molar-refractivity contribution is -0.0510. The van der Waals surface area contributed by atoms with Crippen molar-refractivity contribution < 1.29 is 13.9 Å². The summed E-state index contributed by atoms with van der Waals surface area (Å²) in [4.78, 5) is 0. The summed E-state index contributed by atoms with van der Waals surface area (Å²) >= 11 is 0.